The van der Waals surface area contributed by atoms with Crippen LogP contribution in [0.15, 0.2) is 18.3 Å². The number of aliphatic hydroxyl groups is 1. The van der Waals surface area contributed by atoms with Gasteiger partial charge < -0.3 is 15.3 Å². The van der Waals surface area contributed by atoms with Gasteiger partial charge in [0.15, 0.2) is 0 Å². The molecule has 5 nitrogen and oxygen atoms in total. The van der Waals surface area contributed by atoms with Crippen LogP contribution in [0.3, 0.4) is 0 Å². The van der Waals surface area contributed by atoms with Crippen LogP contribution in [0, 0.1) is 5.92 Å². The van der Waals surface area contributed by atoms with Gasteiger partial charge in [-0.1, -0.05) is 13.8 Å². The molecule has 1 aliphatic rings. The zero-order chi connectivity index (χ0) is 14.5. The predicted molar refractivity (Wildman–Crippen MR) is 78.7 cm³/mol. The second-order valence-electron chi connectivity index (χ2n) is 5.44. The standard InChI is InChI=1S/C15H23N3O2/c1-3-7-16-12-4-5-13(17-9-12)15(20)18-8-6-14(19)11(2)10-18/h4-5,9,11,14,16,19H,3,6-8,10H2,1-2H3. The summed E-state index contributed by atoms with van der Waals surface area (Å²) in [7, 11) is 0. The van der Waals surface area contributed by atoms with Crippen molar-refractivity contribution in [2.24, 2.45) is 5.92 Å². The highest BCUT2D eigenvalue weighted by Crippen LogP contribution is 2.18. The van der Waals surface area contributed by atoms with E-state index in [1.807, 2.05) is 13.0 Å². The number of amides is 1. The molecule has 2 rings (SSSR count). The summed E-state index contributed by atoms with van der Waals surface area (Å²) in [5, 5.41) is 12.9. The molecule has 0 spiro atoms. The van der Waals surface area contributed by atoms with Gasteiger partial charge in [0.25, 0.3) is 5.91 Å². The van der Waals surface area contributed by atoms with Crippen molar-refractivity contribution in [1.29, 1.82) is 0 Å². The fourth-order valence-electron chi connectivity index (χ4n) is 2.37. The Labute approximate surface area is 120 Å². The SMILES string of the molecule is CCCNc1ccc(C(=O)N2CCC(O)C(C)C2)nc1. The summed E-state index contributed by atoms with van der Waals surface area (Å²) in [4.78, 5) is 18.3. The van der Waals surface area contributed by atoms with Crippen LogP contribution in [-0.4, -0.2) is 46.6 Å². The third kappa shape index (κ3) is 3.48. The van der Waals surface area contributed by atoms with E-state index in [4.69, 9.17) is 0 Å². The number of likely N-dealkylation sites (tertiary alicyclic amines) is 1. The average molecular weight is 277 g/mol. The maximum Gasteiger partial charge on any atom is 0.272 e. The summed E-state index contributed by atoms with van der Waals surface area (Å²) < 4.78 is 0. The quantitative estimate of drug-likeness (QED) is 0.880. The Kier molecular flexibility index (Phi) is 4.95. The van der Waals surface area contributed by atoms with Crippen LogP contribution in [0.5, 0.6) is 0 Å². The van der Waals surface area contributed by atoms with Crippen LogP contribution in [0.25, 0.3) is 0 Å². The Bertz CT molecular complexity index is 447. The van der Waals surface area contributed by atoms with Gasteiger partial charge in [-0.05, 0) is 30.9 Å². The molecule has 1 aromatic rings. The lowest BCUT2D eigenvalue weighted by atomic mass is 9.96. The summed E-state index contributed by atoms with van der Waals surface area (Å²) in [5.74, 6) is 0.0731. The minimum Gasteiger partial charge on any atom is -0.393 e. The average Bonchev–Trinajstić information content (AvgIpc) is 2.48. The molecule has 5 heteroatoms. The lowest BCUT2D eigenvalue weighted by molar-refractivity contribution is 0.0294. The number of pyridine rings is 1. The van der Waals surface area contributed by atoms with Crippen LogP contribution in [0.4, 0.5) is 5.69 Å². The highest BCUT2D eigenvalue weighted by Gasteiger charge is 2.28. The zero-order valence-corrected chi connectivity index (χ0v) is 12.2. The number of aromatic nitrogens is 1. The molecule has 0 aliphatic carbocycles. The van der Waals surface area contributed by atoms with E-state index in [1.165, 1.54) is 0 Å². The fraction of sp³-hybridized carbons (Fsp3) is 0.600. The first-order valence-corrected chi connectivity index (χ1v) is 7.29. The second kappa shape index (κ2) is 6.70. The Hall–Kier alpha value is -1.62. The maximum atomic E-state index is 12.3. The van der Waals surface area contributed by atoms with E-state index in [-0.39, 0.29) is 17.9 Å². The lowest BCUT2D eigenvalue weighted by Crippen LogP contribution is -2.45. The molecule has 1 amide bonds. The number of anilines is 1. The van der Waals surface area contributed by atoms with E-state index in [2.05, 4.69) is 17.2 Å². The van der Waals surface area contributed by atoms with Crippen molar-refractivity contribution in [3.8, 4) is 0 Å². The van der Waals surface area contributed by atoms with Crippen LogP contribution < -0.4 is 5.32 Å². The molecule has 2 unspecified atom stereocenters. The minimum atomic E-state index is -0.298. The Morgan fingerprint density at radius 2 is 2.35 bits per heavy atom. The van der Waals surface area contributed by atoms with Gasteiger partial charge in [-0.25, -0.2) is 4.98 Å². The summed E-state index contributed by atoms with van der Waals surface area (Å²) in [5.41, 5.74) is 1.40. The number of hydrogen-bond acceptors (Lipinski definition) is 4. The molecule has 2 N–H and O–H groups in total. The van der Waals surface area contributed by atoms with E-state index < -0.39 is 0 Å². The van der Waals surface area contributed by atoms with Gasteiger partial charge in [0.05, 0.1) is 18.0 Å². The van der Waals surface area contributed by atoms with E-state index in [1.54, 1.807) is 17.2 Å². The Morgan fingerprint density at radius 1 is 1.55 bits per heavy atom. The first kappa shape index (κ1) is 14.8. The van der Waals surface area contributed by atoms with Crippen molar-refractivity contribution >= 4 is 11.6 Å². The molecule has 0 radical (unpaired) electrons. The summed E-state index contributed by atoms with van der Waals surface area (Å²) in [6.07, 6.45) is 3.09. The van der Waals surface area contributed by atoms with Crippen LogP contribution in [-0.2, 0) is 0 Å². The van der Waals surface area contributed by atoms with E-state index in [0.29, 0.717) is 25.2 Å². The second-order valence-corrected chi connectivity index (χ2v) is 5.44. The highest BCUT2D eigenvalue weighted by atomic mass is 16.3. The molecule has 2 atom stereocenters. The smallest absolute Gasteiger partial charge is 0.272 e. The number of carbonyl (C=O) groups excluding carboxylic acids is 1. The van der Waals surface area contributed by atoms with Crippen LogP contribution in [0.1, 0.15) is 37.2 Å². The van der Waals surface area contributed by atoms with Crippen molar-refractivity contribution in [1.82, 2.24) is 9.88 Å². The maximum absolute atomic E-state index is 12.3. The Balaban J connectivity index is 1.98. The molecule has 2 heterocycles. The molecule has 1 saturated heterocycles. The van der Waals surface area contributed by atoms with Crippen molar-refractivity contribution in [2.45, 2.75) is 32.8 Å². The van der Waals surface area contributed by atoms with Crippen molar-refractivity contribution in [3.63, 3.8) is 0 Å². The molecular weight excluding hydrogens is 254 g/mol. The number of nitrogens with zero attached hydrogens (tertiary/aromatic N) is 2. The van der Waals surface area contributed by atoms with E-state index in [9.17, 15) is 9.90 Å². The van der Waals surface area contributed by atoms with Gasteiger partial charge in [0.1, 0.15) is 5.69 Å². The number of carbonyl (C=O) groups is 1. The predicted octanol–water partition coefficient (Wildman–Crippen LogP) is 1.75. The largest absolute Gasteiger partial charge is 0.393 e. The van der Waals surface area contributed by atoms with Crippen LogP contribution >= 0.6 is 0 Å². The van der Waals surface area contributed by atoms with Gasteiger partial charge in [-0.15, -0.1) is 0 Å². The number of piperidine rings is 1. The van der Waals surface area contributed by atoms with Crippen LogP contribution in [0.2, 0.25) is 0 Å². The zero-order valence-electron chi connectivity index (χ0n) is 12.2. The molecule has 1 aliphatic heterocycles. The molecule has 1 aromatic heterocycles. The minimum absolute atomic E-state index is 0.0502. The van der Waals surface area contributed by atoms with Gasteiger partial charge in [0, 0.05) is 19.6 Å². The first-order valence-electron chi connectivity index (χ1n) is 7.29. The summed E-state index contributed by atoms with van der Waals surface area (Å²) in [6.45, 7) is 6.16. The normalized spacial score (nSPS) is 22.6. The Morgan fingerprint density at radius 3 is 2.95 bits per heavy atom. The highest BCUT2D eigenvalue weighted by molar-refractivity contribution is 5.92. The van der Waals surface area contributed by atoms with Gasteiger partial charge in [-0.3, -0.25) is 4.79 Å². The molecule has 20 heavy (non-hydrogen) atoms. The topological polar surface area (TPSA) is 65.5 Å². The molecular formula is C15H23N3O2. The molecule has 0 aromatic carbocycles. The van der Waals surface area contributed by atoms with Gasteiger partial charge in [0.2, 0.25) is 0 Å². The summed E-state index contributed by atoms with van der Waals surface area (Å²) in [6, 6.07) is 3.65. The number of nitrogens with one attached hydrogen (secondary N) is 1. The molecule has 110 valence electrons. The van der Waals surface area contributed by atoms with E-state index in [0.717, 1.165) is 18.7 Å². The molecule has 1 fully saturated rings. The first-order chi connectivity index (χ1) is 9.61. The van der Waals surface area contributed by atoms with E-state index >= 15 is 0 Å². The van der Waals surface area contributed by atoms with Crippen molar-refractivity contribution < 1.29 is 9.90 Å². The summed E-state index contributed by atoms with van der Waals surface area (Å²) >= 11 is 0. The number of rotatable bonds is 4. The number of aliphatic hydroxyl groups excluding tert-OH is 1. The van der Waals surface area contributed by atoms with Crippen molar-refractivity contribution in [3.05, 3.63) is 24.0 Å². The monoisotopic (exact) mass is 277 g/mol. The van der Waals surface area contributed by atoms with Crippen molar-refractivity contribution in [2.75, 3.05) is 25.0 Å². The molecule has 0 bridgehead atoms. The third-order valence-electron chi connectivity index (χ3n) is 3.71. The fourth-order valence-corrected chi connectivity index (χ4v) is 2.37. The third-order valence-corrected chi connectivity index (χ3v) is 3.71. The lowest BCUT2D eigenvalue weighted by Gasteiger charge is -2.34. The molecule has 0 saturated carbocycles. The van der Waals surface area contributed by atoms with Gasteiger partial charge in [-0.2, -0.15) is 0 Å². The van der Waals surface area contributed by atoms with Gasteiger partial charge >= 0.3 is 0 Å². The number of hydrogen-bond donors (Lipinski definition) is 2.